The van der Waals surface area contributed by atoms with Crippen LogP contribution in [0.1, 0.15) is 31.7 Å². The molecule has 0 amide bonds. The highest BCUT2D eigenvalue weighted by molar-refractivity contribution is 6.36. The van der Waals surface area contributed by atoms with Crippen molar-refractivity contribution in [1.82, 2.24) is 5.32 Å². The smallest absolute Gasteiger partial charge is 0.144 e. The summed E-state index contributed by atoms with van der Waals surface area (Å²) in [4.78, 5) is 12.7. The van der Waals surface area contributed by atoms with Gasteiger partial charge in [0.05, 0.1) is 0 Å². The highest BCUT2D eigenvalue weighted by Crippen LogP contribution is 2.35. The highest BCUT2D eigenvalue weighted by Gasteiger charge is 2.39. The summed E-state index contributed by atoms with van der Waals surface area (Å²) in [5, 5.41) is 4.47. The lowest BCUT2D eigenvalue weighted by atomic mass is 9.76. The van der Waals surface area contributed by atoms with Gasteiger partial charge in [0.2, 0.25) is 0 Å². The fraction of sp³-hybridized carbons (Fsp3) is 0.533. The van der Waals surface area contributed by atoms with E-state index in [4.69, 9.17) is 23.2 Å². The molecule has 1 aliphatic rings. The van der Waals surface area contributed by atoms with Gasteiger partial charge in [-0.1, -0.05) is 42.6 Å². The van der Waals surface area contributed by atoms with E-state index in [0.717, 1.165) is 37.9 Å². The molecule has 2 nitrogen and oxygen atoms in total. The molecule has 1 aromatic rings. The maximum absolute atomic E-state index is 12.7. The van der Waals surface area contributed by atoms with Crippen LogP contribution in [0.4, 0.5) is 0 Å². The van der Waals surface area contributed by atoms with Crippen LogP contribution in [0.15, 0.2) is 18.2 Å². The molecule has 2 rings (SSSR count). The second-order valence-electron chi connectivity index (χ2n) is 5.26. The summed E-state index contributed by atoms with van der Waals surface area (Å²) in [7, 11) is 0. The Kier molecular flexibility index (Phi) is 4.88. The third kappa shape index (κ3) is 3.13. The fourth-order valence-corrected chi connectivity index (χ4v) is 3.39. The Bertz CT molecular complexity index is 447. The molecule has 1 atom stereocenters. The number of halogens is 2. The fourth-order valence-electron chi connectivity index (χ4n) is 2.86. The summed E-state index contributed by atoms with van der Waals surface area (Å²) in [6.45, 7) is 3.82. The van der Waals surface area contributed by atoms with E-state index in [9.17, 15) is 4.79 Å². The zero-order valence-electron chi connectivity index (χ0n) is 11.1. The van der Waals surface area contributed by atoms with E-state index < -0.39 is 0 Å². The molecule has 1 N–H and O–H groups in total. The van der Waals surface area contributed by atoms with Crippen LogP contribution in [0.25, 0.3) is 0 Å². The molecule has 1 aromatic carbocycles. The first-order valence-corrected chi connectivity index (χ1v) is 7.51. The molecular weight excluding hydrogens is 281 g/mol. The maximum Gasteiger partial charge on any atom is 0.144 e. The zero-order chi connectivity index (χ0) is 13.9. The minimum absolute atomic E-state index is 0.225. The molecule has 0 spiro atoms. The number of rotatable bonds is 5. The number of carbonyl (C=O) groups is 1. The monoisotopic (exact) mass is 299 g/mol. The lowest BCUT2D eigenvalue weighted by molar-refractivity contribution is -0.127. The molecule has 104 valence electrons. The predicted octanol–water partition coefficient (Wildman–Crippen LogP) is 3.88. The molecule has 1 saturated heterocycles. The first kappa shape index (κ1) is 14.8. The summed E-state index contributed by atoms with van der Waals surface area (Å²) >= 11 is 12.3. The van der Waals surface area contributed by atoms with Gasteiger partial charge in [-0.2, -0.15) is 0 Å². The number of carbonyl (C=O) groups excluding carboxylic acids is 1. The van der Waals surface area contributed by atoms with Crippen LogP contribution >= 0.6 is 23.2 Å². The van der Waals surface area contributed by atoms with E-state index >= 15 is 0 Å². The van der Waals surface area contributed by atoms with E-state index in [1.807, 2.05) is 0 Å². The molecule has 1 aliphatic heterocycles. The van der Waals surface area contributed by atoms with Crippen molar-refractivity contribution in [2.45, 2.75) is 32.6 Å². The van der Waals surface area contributed by atoms with E-state index in [0.29, 0.717) is 16.5 Å². The van der Waals surface area contributed by atoms with Crippen molar-refractivity contribution < 1.29 is 4.79 Å². The Labute approximate surface area is 124 Å². The van der Waals surface area contributed by atoms with Crippen LogP contribution < -0.4 is 5.32 Å². The second-order valence-corrected chi connectivity index (χ2v) is 6.07. The molecule has 1 fully saturated rings. The molecule has 1 unspecified atom stereocenters. The molecule has 0 aromatic heterocycles. The molecule has 0 bridgehead atoms. The van der Waals surface area contributed by atoms with Gasteiger partial charge in [0, 0.05) is 28.4 Å². The topological polar surface area (TPSA) is 29.1 Å². The molecule has 0 aliphatic carbocycles. The Morgan fingerprint density at radius 2 is 2.05 bits per heavy atom. The van der Waals surface area contributed by atoms with Gasteiger partial charge in [-0.25, -0.2) is 0 Å². The number of ketones is 1. The lowest BCUT2D eigenvalue weighted by Crippen LogP contribution is -2.34. The van der Waals surface area contributed by atoms with Crippen molar-refractivity contribution >= 4 is 29.0 Å². The summed E-state index contributed by atoms with van der Waals surface area (Å²) < 4.78 is 0. The Balaban J connectivity index is 2.20. The van der Waals surface area contributed by atoms with Crippen LogP contribution in [-0.2, 0) is 11.2 Å². The number of hydrogen-bond acceptors (Lipinski definition) is 2. The summed E-state index contributed by atoms with van der Waals surface area (Å²) in [6, 6.07) is 5.38. The third-order valence-electron chi connectivity index (χ3n) is 3.96. The van der Waals surface area contributed by atoms with Crippen molar-refractivity contribution in [2.24, 2.45) is 5.41 Å². The average molecular weight is 300 g/mol. The predicted molar refractivity (Wildman–Crippen MR) is 80.0 cm³/mol. The van der Waals surface area contributed by atoms with Gasteiger partial charge in [0.1, 0.15) is 5.78 Å². The van der Waals surface area contributed by atoms with Crippen molar-refractivity contribution in [1.29, 1.82) is 0 Å². The largest absolute Gasteiger partial charge is 0.316 e. The van der Waals surface area contributed by atoms with Crippen LogP contribution in [0.5, 0.6) is 0 Å². The van der Waals surface area contributed by atoms with Gasteiger partial charge in [-0.3, -0.25) is 4.79 Å². The van der Waals surface area contributed by atoms with Gasteiger partial charge < -0.3 is 5.32 Å². The first-order valence-electron chi connectivity index (χ1n) is 6.76. The maximum atomic E-state index is 12.7. The standard InChI is InChI=1S/C15H19Cl2NO/c1-2-6-15(7-8-18-10-15)14(19)9-11-12(16)4-3-5-13(11)17/h3-5,18H,2,6-10H2,1H3. The zero-order valence-corrected chi connectivity index (χ0v) is 12.7. The Morgan fingerprint density at radius 1 is 1.37 bits per heavy atom. The van der Waals surface area contributed by atoms with Gasteiger partial charge in [0.25, 0.3) is 0 Å². The molecule has 4 heteroatoms. The number of Topliss-reactive ketones (excluding diaryl/α,β-unsaturated/α-hetero) is 1. The Morgan fingerprint density at radius 3 is 2.58 bits per heavy atom. The minimum Gasteiger partial charge on any atom is -0.316 e. The van der Waals surface area contributed by atoms with E-state index in [1.54, 1.807) is 18.2 Å². The van der Waals surface area contributed by atoms with Crippen LogP contribution in [0, 0.1) is 5.41 Å². The molecule has 1 heterocycles. The molecule has 0 saturated carbocycles. The van der Waals surface area contributed by atoms with E-state index in [2.05, 4.69) is 12.2 Å². The van der Waals surface area contributed by atoms with Crippen molar-refractivity contribution in [3.8, 4) is 0 Å². The van der Waals surface area contributed by atoms with Gasteiger partial charge >= 0.3 is 0 Å². The summed E-state index contributed by atoms with van der Waals surface area (Å²) in [6.07, 6.45) is 3.20. The van der Waals surface area contributed by atoms with Crippen molar-refractivity contribution in [3.63, 3.8) is 0 Å². The van der Waals surface area contributed by atoms with Crippen LogP contribution in [0.3, 0.4) is 0 Å². The van der Waals surface area contributed by atoms with Crippen LogP contribution in [0.2, 0.25) is 10.0 Å². The number of hydrogen-bond donors (Lipinski definition) is 1. The number of benzene rings is 1. The number of nitrogens with one attached hydrogen (secondary N) is 1. The molecular formula is C15H19Cl2NO. The minimum atomic E-state index is -0.225. The first-order chi connectivity index (χ1) is 9.09. The van der Waals surface area contributed by atoms with Gasteiger partial charge in [-0.15, -0.1) is 0 Å². The highest BCUT2D eigenvalue weighted by atomic mass is 35.5. The summed E-state index contributed by atoms with van der Waals surface area (Å²) in [5.74, 6) is 0.259. The molecule has 0 radical (unpaired) electrons. The molecule has 19 heavy (non-hydrogen) atoms. The van der Waals surface area contributed by atoms with Crippen molar-refractivity contribution in [3.05, 3.63) is 33.8 Å². The van der Waals surface area contributed by atoms with Crippen LogP contribution in [-0.4, -0.2) is 18.9 Å². The van der Waals surface area contributed by atoms with Crippen molar-refractivity contribution in [2.75, 3.05) is 13.1 Å². The normalized spacial score (nSPS) is 22.7. The lowest BCUT2D eigenvalue weighted by Gasteiger charge is -2.26. The van der Waals surface area contributed by atoms with Gasteiger partial charge in [0.15, 0.2) is 0 Å². The second kappa shape index (κ2) is 6.25. The SMILES string of the molecule is CCCC1(C(=O)Cc2c(Cl)cccc2Cl)CCNC1. The third-order valence-corrected chi connectivity index (χ3v) is 4.67. The van der Waals surface area contributed by atoms with E-state index in [-0.39, 0.29) is 11.2 Å². The van der Waals surface area contributed by atoms with Gasteiger partial charge in [-0.05, 0) is 37.1 Å². The average Bonchev–Trinajstić information content (AvgIpc) is 2.84. The summed E-state index contributed by atoms with van der Waals surface area (Å²) in [5.41, 5.74) is 0.537. The van der Waals surface area contributed by atoms with E-state index in [1.165, 1.54) is 0 Å². The Hall–Kier alpha value is -0.570. The quantitative estimate of drug-likeness (QED) is 0.894.